The number of rotatable bonds is 12. The lowest BCUT2D eigenvalue weighted by Gasteiger charge is -2.33. The molecular formula is C69H64F6N8O2. The van der Waals surface area contributed by atoms with Crippen LogP contribution in [0.4, 0.5) is 32.0 Å². The van der Waals surface area contributed by atoms with E-state index in [-0.39, 0.29) is 48.6 Å². The lowest BCUT2D eigenvalue weighted by molar-refractivity contribution is -0.139. The molecule has 0 aliphatic carbocycles. The number of likely N-dealkylation sites (N-methyl/N-ethyl adjacent to an activating group) is 2. The van der Waals surface area contributed by atoms with Crippen molar-refractivity contribution in [3.05, 3.63) is 236 Å². The molecule has 5 aromatic carbocycles. The van der Waals surface area contributed by atoms with Gasteiger partial charge in [0.1, 0.15) is 0 Å². The van der Waals surface area contributed by atoms with Crippen molar-refractivity contribution in [2.75, 3.05) is 72.2 Å². The van der Waals surface area contributed by atoms with E-state index in [9.17, 15) is 35.9 Å². The molecule has 10 rings (SSSR count). The molecule has 5 heterocycles. The predicted octanol–water partition coefficient (Wildman–Crippen LogP) is 12.3. The van der Waals surface area contributed by atoms with Gasteiger partial charge in [-0.1, -0.05) is 96.5 Å². The number of nitrogens with two attached hydrogens (primary N) is 1. The van der Waals surface area contributed by atoms with Crippen LogP contribution in [0.3, 0.4) is 0 Å². The lowest BCUT2D eigenvalue weighted by Crippen LogP contribution is -2.44. The van der Waals surface area contributed by atoms with E-state index < -0.39 is 23.5 Å². The molecule has 2 saturated heterocycles. The molecule has 8 aromatic rings. The Labute approximate surface area is 492 Å². The largest absolute Gasteiger partial charge is 0.416 e. The van der Waals surface area contributed by atoms with E-state index in [4.69, 9.17) is 5.73 Å². The highest BCUT2D eigenvalue weighted by atomic mass is 19.4. The van der Waals surface area contributed by atoms with E-state index in [1.165, 1.54) is 12.1 Å². The van der Waals surface area contributed by atoms with Crippen LogP contribution in [0, 0.1) is 37.5 Å². The zero-order valence-corrected chi connectivity index (χ0v) is 47.8. The van der Waals surface area contributed by atoms with Gasteiger partial charge in [-0.2, -0.15) is 26.3 Å². The summed E-state index contributed by atoms with van der Waals surface area (Å²) in [6.45, 7) is 10.4. The van der Waals surface area contributed by atoms with Crippen molar-refractivity contribution in [1.82, 2.24) is 34.6 Å². The Kier molecular flexibility index (Phi) is 19.5. The van der Waals surface area contributed by atoms with Gasteiger partial charge >= 0.3 is 12.4 Å². The Hall–Kier alpha value is -8.77. The van der Waals surface area contributed by atoms with Crippen molar-refractivity contribution in [2.24, 2.45) is 0 Å². The van der Waals surface area contributed by atoms with Gasteiger partial charge in [-0.25, -0.2) is 0 Å². The fourth-order valence-corrected chi connectivity index (χ4v) is 9.97. The average molecular weight is 1150 g/mol. The monoisotopic (exact) mass is 1150 g/mol. The van der Waals surface area contributed by atoms with Gasteiger partial charge in [0.05, 0.1) is 28.2 Å². The van der Waals surface area contributed by atoms with E-state index in [1.807, 2.05) is 104 Å². The first-order valence-electron chi connectivity index (χ1n) is 27.9. The number of benzene rings is 5. The van der Waals surface area contributed by atoms with Gasteiger partial charge in [0.2, 0.25) is 0 Å². The van der Waals surface area contributed by atoms with Crippen LogP contribution in [-0.2, 0) is 38.3 Å². The van der Waals surface area contributed by atoms with E-state index >= 15 is 0 Å². The number of nitrogen functional groups attached to an aromatic ring is 1. The molecule has 16 heteroatoms. The molecule has 2 aliphatic heterocycles. The van der Waals surface area contributed by atoms with Crippen LogP contribution in [0.15, 0.2) is 158 Å². The van der Waals surface area contributed by atoms with Crippen molar-refractivity contribution >= 4 is 17.3 Å². The van der Waals surface area contributed by atoms with Crippen LogP contribution in [0.2, 0.25) is 0 Å². The fourth-order valence-electron chi connectivity index (χ4n) is 9.97. The minimum absolute atomic E-state index is 0.132. The summed E-state index contributed by atoms with van der Waals surface area (Å²) >= 11 is 0. The minimum atomic E-state index is -4.51. The summed E-state index contributed by atoms with van der Waals surface area (Å²) < 4.78 is 84.1. The highest BCUT2D eigenvalue weighted by molar-refractivity contribution is 5.98. The number of hydrogen-bond donors (Lipinski definition) is 1. The Morgan fingerprint density at radius 2 is 0.941 bits per heavy atom. The standard InChI is InChI=1S/C35H33F3N4O.C34H31F3N4O/c1-24-7-11-28(21-27(24)12-8-25-10-14-33(40-22-25)30-5-3-4-6-32(30)39)34(43)20-26-9-13-29(31(19-26)35(36,37)38)23-42-17-15-41(2)16-18-42;1-24-6-10-28(21-27(24)11-7-25-9-13-32(39-22-25)31-5-3-4-14-38-31)33(42)20-26-8-12-29(30(19-26)34(35,36)37)23-41-17-15-40(2)16-18-41/h3-7,9-11,13-14,19,21-22H,15-18,20,23,39H2,1-2H3;3-6,8-10,12-14,19,21-22H,15-18,20,23H2,1-2H3. The number of anilines is 1. The Bertz CT molecular complexity index is 3790. The maximum Gasteiger partial charge on any atom is 0.416 e. The number of halogens is 6. The van der Waals surface area contributed by atoms with Crippen LogP contribution in [-0.4, -0.2) is 113 Å². The predicted molar refractivity (Wildman–Crippen MR) is 320 cm³/mol. The molecule has 0 atom stereocenters. The van der Waals surface area contributed by atoms with Crippen molar-refractivity contribution in [2.45, 2.75) is 52.1 Å². The molecule has 3 aromatic heterocycles. The number of carbonyl (C=O) groups is 2. The SMILES string of the molecule is Cc1ccc(C(=O)Cc2ccc(CN3CCN(C)CC3)c(C(F)(F)F)c2)cc1C#Cc1ccc(-c2ccccc2N)nc1.Cc1ccc(C(=O)Cc2ccc(CN3CCN(C)CC3)c(C(F)(F)F)c2)cc1C#Cc1ccc(-c2ccccn2)nc1. The minimum Gasteiger partial charge on any atom is -0.398 e. The fraction of sp³-hybridized carbons (Fsp3) is 0.261. The first-order chi connectivity index (χ1) is 40.7. The molecule has 434 valence electrons. The summed E-state index contributed by atoms with van der Waals surface area (Å²) in [5.74, 6) is 11.9. The number of hydrogen-bond acceptors (Lipinski definition) is 10. The second-order valence-corrected chi connectivity index (χ2v) is 21.6. The number of pyridine rings is 3. The van der Waals surface area contributed by atoms with Crippen LogP contribution >= 0.6 is 0 Å². The number of nitrogens with zero attached hydrogens (tertiary/aromatic N) is 7. The van der Waals surface area contributed by atoms with E-state index in [1.54, 1.807) is 67.1 Å². The first kappa shape index (κ1) is 60.8. The smallest absolute Gasteiger partial charge is 0.398 e. The van der Waals surface area contributed by atoms with Crippen LogP contribution in [0.25, 0.3) is 22.6 Å². The third-order valence-corrected chi connectivity index (χ3v) is 15.2. The summed E-state index contributed by atoms with van der Waals surface area (Å²) in [4.78, 5) is 48.0. The van der Waals surface area contributed by atoms with Gasteiger partial charge in [-0.3, -0.25) is 34.3 Å². The molecular weight excluding hydrogens is 1090 g/mol. The maximum atomic E-state index is 14.0. The van der Waals surface area contributed by atoms with Gasteiger partial charge in [0, 0.05) is 142 Å². The molecule has 2 N–H and O–H groups in total. The first-order valence-corrected chi connectivity index (χ1v) is 27.9. The van der Waals surface area contributed by atoms with E-state index in [2.05, 4.69) is 48.4 Å². The van der Waals surface area contributed by atoms with Crippen LogP contribution < -0.4 is 5.73 Å². The van der Waals surface area contributed by atoms with Crippen molar-refractivity contribution in [3.8, 4) is 46.3 Å². The topological polar surface area (TPSA) is 112 Å². The lowest BCUT2D eigenvalue weighted by atomic mass is 9.96. The zero-order valence-electron chi connectivity index (χ0n) is 47.8. The molecule has 85 heavy (non-hydrogen) atoms. The average Bonchev–Trinajstić information content (AvgIpc) is 3.24. The van der Waals surface area contributed by atoms with Crippen LogP contribution in [0.1, 0.15) is 87.5 Å². The summed E-state index contributed by atoms with van der Waals surface area (Å²) in [7, 11) is 4.02. The van der Waals surface area contributed by atoms with Gasteiger partial charge in [0.25, 0.3) is 0 Å². The molecule has 0 spiro atoms. The van der Waals surface area contributed by atoms with Crippen molar-refractivity contribution < 1.29 is 35.9 Å². The number of aryl methyl sites for hydroxylation is 2. The molecule has 0 bridgehead atoms. The summed E-state index contributed by atoms with van der Waals surface area (Å²) in [5, 5.41) is 0. The molecule has 2 fully saturated rings. The number of carbonyl (C=O) groups excluding carboxylic acids is 2. The van der Waals surface area contributed by atoms with E-state index in [0.29, 0.717) is 50.2 Å². The zero-order chi connectivity index (χ0) is 60.3. The number of piperazine rings is 2. The van der Waals surface area contributed by atoms with Crippen LogP contribution in [0.5, 0.6) is 0 Å². The van der Waals surface area contributed by atoms with Gasteiger partial charge < -0.3 is 15.5 Å². The molecule has 2 aliphatic rings. The molecule has 10 nitrogen and oxygen atoms in total. The summed E-state index contributed by atoms with van der Waals surface area (Å²) in [5.41, 5.74) is 14.9. The highest BCUT2D eigenvalue weighted by Crippen LogP contribution is 2.36. The van der Waals surface area contributed by atoms with Gasteiger partial charge in [-0.15, -0.1) is 0 Å². The number of ketones is 2. The van der Waals surface area contributed by atoms with E-state index in [0.717, 1.165) is 98.3 Å². The van der Waals surface area contributed by atoms with Crippen molar-refractivity contribution in [1.29, 1.82) is 0 Å². The maximum absolute atomic E-state index is 14.0. The second-order valence-electron chi connectivity index (χ2n) is 21.6. The summed E-state index contributed by atoms with van der Waals surface area (Å²) in [6, 6.07) is 39.5. The quantitative estimate of drug-likeness (QED) is 0.0549. The second kappa shape index (κ2) is 27.3. The molecule has 0 unspecified atom stereocenters. The highest BCUT2D eigenvalue weighted by Gasteiger charge is 2.36. The Morgan fingerprint density at radius 1 is 0.494 bits per heavy atom. The van der Waals surface area contributed by atoms with Crippen molar-refractivity contribution in [3.63, 3.8) is 0 Å². The molecule has 0 radical (unpaired) electrons. The summed E-state index contributed by atoms with van der Waals surface area (Å²) in [6.07, 6.45) is -4.22. The number of Topliss-reactive ketones (excluding diaryl/α,β-unsaturated/α-hetero) is 2. The molecule has 0 saturated carbocycles. The Morgan fingerprint density at radius 3 is 1.36 bits per heavy atom. The Balaban J connectivity index is 0.000000204. The number of aromatic nitrogens is 3. The van der Waals surface area contributed by atoms with Gasteiger partial charge in [-0.05, 0) is 128 Å². The number of alkyl halides is 6. The normalized spacial score (nSPS) is 14.3. The molecule has 0 amide bonds. The number of para-hydroxylation sites is 1. The van der Waals surface area contributed by atoms with Gasteiger partial charge in [0.15, 0.2) is 11.6 Å². The third kappa shape index (κ3) is 16.5. The third-order valence-electron chi connectivity index (χ3n) is 15.2.